The molecule has 0 atom stereocenters. The second-order valence-electron chi connectivity index (χ2n) is 5.93. The second kappa shape index (κ2) is 7.35. The number of carbonyl (C=O) groups is 1. The number of aromatic nitrogens is 3. The van der Waals surface area contributed by atoms with Crippen LogP contribution < -0.4 is 10.9 Å². The number of hydrogen-bond acceptors (Lipinski definition) is 5. The van der Waals surface area contributed by atoms with Crippen molar-refractivity contribution >= 4 is 11.6 Å². The Balaban J connectivity index is 1.64. The number of anilines is 1. The van der Waals surface area contributed by atoms with Gasteiger partial charge in [0.15, 0.2) is 0 Å². The minimum absolute atomic E-state index is 0.0720. The van der Waals surface area contributed by atoms with Crippen molar-refractivity contribution in [2.45, 2.75) is 32.9 Å². The summed E-state index contributed by atoms with van der Waals surface area (Å²) < 4.78 is 1.53. The van der Waals surface area contributed by atoms with Gasteiger partial charge in [0.05, 0.1) is 24.1 Å². The first-order valence-corrected chi connectivity index (χ1v) is 8.18. The van der Waals surface area contributed by atoms with Crippen LogP contribution in [0.5, 0.6) is 0 Å². The van der Waals surface area contributed by atoms with E-state index in [0.29, 0.717) is 18.8 Å². The van der Waals surface area contributed by atoms with E-state index in [9.17, 15) is 9.59 Å². The molecule has 1 N–H and O–H groups in total. The fourth-order valence-corrected chi connectivity index (χ4v) is 2.84. The molecule has 126 valence electrons. The van der Waals surface area contributed by atoms with Crippen molar-refractivity contribution in [3.63, 3.8) is 0 Å². The Hall–Kier alpha value is -2.54. The van der Waals surface area contributed by atoms with Gasteiger partial charge in [-0.15, -0.1) is 0 Å². The number of hydrogen-bond donors (Lipinski definition) is 1. The van der Waals surface area contributed by atoms with E-state index in [0.717, 1.165) is 30.6 Å². The van der Waals surface area contributed by atoms with E-state index in [2.05, 4.69) is 15.4 Å². The summed E-state index contributed by atoms with van der Waals surface area (Å²) in [7, 11) is 0. The smallest absolute Gasteiger partial charge is 0.267 e. The van der Waals surface area contributed by atoms with Gasteiger partial charge in [0.1, 0.15) is 0 Å². The molecule has 0 spiro atoms. The molecule has 0 aliphatic carbocycles. The summed E-state index contributed by atoms with van der Waals surface area (Å²) in [5, 5.41) is 7.28. The average Bonchev–Trinajstić information content (AvgIpc) is 2.57. The fraction of sp³-hybridized carbons (Fsp3) is 0.412. The molecule has 0 saturated carbocycles. The van der Waals surface area contributed by atoms with E-state index < -0.39 is 0 Å². The van der Waals surface area contributed by atoms with E-state index in [1.54, 1.807) is 30.6 Å². The Kier molecular flexibility index (Phi) is 5.00. The standard InChI is InChI=1S/C17H21N5O2/c1-2-7-22-17(24)9-13-11-21(8-5-15(13)20-22)12-16(23)19-14-4-3-6-18-10-14/h3-4,6,9-10H,2,5,7-8,11-12H2,1H3,(H,19,23). The molecule has 0 saturated heterocycles. The van der Waals surface area contributed by atoms with Crippen LogP contribution >= 0.6 is 0 Å². The largest absolute Gasteiger partial charge is 0.324 e. The van der Waals surface area contributed by atoms with Gasteiger partial charge in [-0.1, -0.05) is 6.92 Å². The Morgan fingerprint density at radius 1 is 1.42 bits per heavy atom. The molecule has 0 fully saturated rings. The lowest BCUT2D eigenvalue weighted by Gasteiger charge is -2.27. The quantitative estimate of drug-likeness (QED) is 0.888. The minimum atomic E-state index is -0.0845. The monoisotopic (exact) mass is 327 g/mol. The van der Waals surface area contributed by atoms with E-state index >= 15 is 0 Å². The number of aryl methyl sites for hydroxylation is 1. The van der Waals surface area contributed by atoms with Crippen LogP contribution in [0.3, 0.4) is 0 Å². The molecule has 3 rings (SSSR count). The number of carbonyl (C=O) groups excluding carboxylic acids is 1. The highest BCUT2D eigenvalue weighted by atomic mass is 16.2. The summed E-state index contributed by atoms with van der Waals surface area (Å²) >= 11 is 0. The van der Waals surface area contributed by atoms with Gasteiger partial charge < -0.3 is 5.32 Å². The topological polar surface area (TPSA) is 80.1 Å². The van der Waals surface area contributed by atoms with Crippen LogP contribution in [-0.2, 0) is 24.3 Å². The Labute approximate surface area is 140 Å². The summed E-state index contributed by atoms with van der Waals surface area (Å²) in [5.41, 5.74) is 2.50. The number of amides is 1. The molecule has 7 nitrogen and oxygen atoms in total. The first kappa shape index (κ1) is 16.3. The minimum Gasteiger partial charge on any atom is -0.324 e. The number of nitrogens with one attached hydrogen (secondary N) is 1. The van der Waals surface area contributed by atoms with Crippen molar-refractivity contribution in [2.24, 2.45) is 0 Å². The average molecular weight is 327 g/mol. The van der Waals surface area contributed by atoms with Crippen molar-refractivity contribution < 1.29 is 4.79 Å². The van der Waals surface area contributed by atoms with Crippen LogP contribution in [0.1, 0.15) is 24.6 Å². The molecule has 0 radical (unpaired) electrons. The Morgan fingerprint density at radius 2 is 2.29 bits per heavy atom. The number of nitrogens with zero attached hydrogens (tertiary/aromatic N) is 4. The predicted molar refractivity (Wildman–Crippen MR) is 90.6 cm³/mol. The summed E-state index contributed by atoms with van der Waals surface area (Å²) in [6.07, 6.45) is 4.91. The third-order valence-electron chi connectivity index (χ3n) is 3.97. The molecule has 0 unspecified atom stereocenters. The van der Waals surface area contributed by atoms with Gasteiger partial charge in [0.25, 0.3) is 5.56 Å². The molecule has 0 aromatic carbocycles. The van der Waals surface area contributed by atoms with Crippen molar-refractivity contribution in [3.8, 4) is 0 Å². The van der Waals surface area contributed by atoms with Gasteiger partial charge in [-0.2, -0.15) is 5.10 Å². The van der Waals surface area contributed by atoms with Crippen molar-refractivity contribution in [3.05, 3.63) is 52.2 Å². The zero-order valence-corrected chi connectivity index (χ0v) is 13.7. The molecule has 7 heteroatoms. The maximum absolute atomic E-state index is 12.1. The van der Waals surface area contributed by atoms with Crippen molar-refractivity contribution in [2.75, 3.05) is 18.4 Å². The Morgan fingerprint density at radius 3 is 3.04 bits per heavy atom. The lowest BCUT2D eigenvalue weighted by molar-refractivity contribution is -0.117. The van der Waals surface area contributed by atoms with Crippen LogP contribution in [0.4, 0.5) is 5.69 Å². The summed E-state index contributed by atoms with van der Waals surface area (Å²) in [6.45, 7) is 4.28. The summed E-state index contributed by atoms with van der Waals surface area (Å²) in [6, 6.07) is 5.24. The lowest BCUT2D eigenvalue weighted by Crippen LogP contribution is -2.39. The van der Waals surface area contributed by atoms with Crippen LogP contribution in [0.2, 0.25) is 0 Å². The molecule has 0 bridgehead atoms. The van der Waals surface area contributed by atoms with E-state index in [4.69, 9.17) is 0 Å². The van der Waals surface area contributed by atoms with Gasteiger partial charge in [-0.3, -0.25) is 19.5 Å². The van der Waals surface area contributed by atoms with Gasteiger partial charge in [0.2, 0.25) is 5.91 Å². The van der Waals surface area contributed by atoms with Gasteiger partial charge in [-0.05, 0) is 24.1 Å². The second-order valence-corrected chi connectivity index (χ2v) is 5.93. The Bertz CT molecular complexity index is 772. The number of rotatable bonds is 5. The molecule has 1 amide bonds. The fourth-order valence-electron chi connectivity index (χ4n) is 2.84. The molecule has 1 aliphatic heterocycles. The number of pyridine rings is 1. The first-order chi connectivity index (χ1) is 11.7. The highest BCUT2D eigenvalue weighted by Gasteiger charge is 2.21. The van der Waals surface area contributed by atoms with Gasteiger partial charge in [0, 0.05) is 38.3 Å². The SMILES string of the molecule is CCCn1nc2c(cc1=O)CN(CC(=O)Nc1cccnc1)CC2. The molecule has 3 heterocycles. The van der Waals surface area contributed by atoms with E-state index in [-0.39, 0.29) is 18.0 Å². The highest BCUT2D eigenvalue weighted by Crippen LogP contribution is 2.15. The van der Waals surface area contributed by atoms with Crippen LogP contribution in [0, 0.1) is 0 Å². The zero-order chi connectivity index (χ0) is 16.9. The summed E-state index contributed by atoms with van der Waals surface area (Å²) in [5.74, 6) is -0.0845. The van der Waals surface area contributed by atoms with Crippen molar-refractivity contribution in [1.29, 1.82) is 0 Å². The van der Waals surface area contributed by atoms with Crippen molar-refractivity contribution in [1.82, 2.24) is 19.7 Å². The van der Waals surface area contributed by atoms with Crippen LogP contribution in [-0.4, -0.2) is 38.7 Å². The molecule has 2 aromatic heterocycles. The maximum atomic E-state index is 12.1. The third-order valence-corrected chi connectivity index (χ3v) is 3.97. The van der Waals surface area contributed by atoms with Gasteiger partial charge in [-0.25, -0.2) is 4.68 Å². The lowest BCUT2D eigenvalue weighted by atomic mass is 10.1. The maximum Gasteiger partial charge on any atom is 0.267 e. The zero-order valence-electron chi connectivity index (χ0n) is 13.7. The molecular formula is C17H21N5O2. The molecular weight excluding hydrogens is 306 g/mol. The molecule has 1 aliphatic rings. The predicted octanol–water partition coefficient (Wildman–Crippen LogP) is 1.05. The molecule has 2 aromatic rings. The van der Waals surface area contributed by atoms with Crippen LogP contribution in [0.25, 0.3) is 0 Å². The van der Waals surface area contributed by atoms with Gasteiger partial charge >= 0.3 is 0 Å². The number of fused-ring (bicyclic) bond motifs is 1. The molecule has 24 heavy (non-hydrogen) atoms. The normalized spacial score (nSPS) is 14.2. The van der Waals surface area contributed by atoms with E-state index in [1.807, 2.05) is 11.8 Å². The van der Waals surface area contributed by atoms with Crippen LogP contribution in [0.15, 0.2) is 35.4 Å². The third kappa shape index (κ3) is 3.86. The highest BCUT2D eigenvalue weighted by molar-refractivity contribution is 5.92. The van der Waals surface area contributed by atoms with E-state index in [1.165, 1.54) is 4.68 Å². The first-order valence-electron chi connectivity index (χ1n) is 8.18. The summed E-state index contributed by atoms with van der Waals surface area (Å²) in [4.78, 5) is 30.2.